The molecule has 0 spiro atoms. The van der Waals surface area contributed by atoms with Gasteiger partial charge in [0, 0.05) is 19.5 Å². The Morgan fingerprint density at radius 2 is 2.57 bits per heavy atom. The van der Waals surface area contributed by atoms with E-state index in [1.807, 2.05) is 0 Å². The van der Waals surface area contributed by atoms with Gasteiger partial charge >= 0.3 is 0 Å². The Kier molecular flexibility index (Phi) is 3.05. The second kappa shape index (κ2) is 4.47. The highest BCUT2D eigenvalue weighted by Crippen LogP contribution is 2.07. The predicted molar refractivity (Wildman–Crippen MR) is 49.7 cm³/mol. The standard InChI is InChI=1S/C8H15N5O/c1-2-13-3-4-14-7(6-13)5-8-9-11-12-10-8/h7H,2-6H2,1H3,(H,9,10,11,12). The number of ether oxygens (including phenoxy) is 1. The van der Waals surface area contributed by atoms with Crippen molar-refractivity contribution in [2.24, 2.45) is 0 Å². The number of tetrazole rings is 1. The van der Waals surface area contributed by atoms with E-state index in [-0.39, 0.29) is 6.10 Å². The minimum absolute atomic E-state index is 0.210. The molecule has 1 atom stereocenters. The van der Waals surface area contributed by atoms with E-state index >= 15 is 0 Å². The lowest BCUT2D eigenvalue weighted by Crippen LogP contribution is -2.43. The molecule has 0 radical (unpaired) electrons. The first-order chi connectivity index (χ1) is 6.88. The molecular weight excluding hydrogens is 182 g/mol. The Hall–Kier alpha value is -1.01. The number of nitrogens with zero attached hydrogens (tertiary/aromatic N) is 4. The van der Waals surface area contributed by atoms with Crippen LogP contribution in [0.2, 0.25) is 0 Å². The smallest absolute Gasteiger partial charge is 0.177 e. The first-order valence-corrected chi connectivity index (χ1v) is 4.94. The van der Waals surface area contributed by atoms with Crippen LogP contribution < -0.4 is 0 Å². The van der Waals surface area contributed by atoms with E-state index in [9.17, 15) is 0 Å². The molecular formula is C8H15N5O. The van der Waals surface area contributed by atoms with Crippen LogP contribution in [0.4, 0.5) is 0 Å². The van der Waals surface area contributed by atoms with Crippen LogP contribution in [0.5, 0.6) is 0 Å². The molecule has 6 heteroatoms. The van der Waals surface area contributed by atoms with E-state index < -0.39 is 0 Å². The van der Waals surface area contributed by atoms with Gasteiger partial charge in [-0.1, -0.05) is 12.1 Å². The van der Waals surface area contributed by atoms with E-state index in [4.69, 9.17) is 4.74 Å². The van der Waals surface area contributed by atoms with Crippen molar-refractivity contribution in [2.45, 2.75) is 19.4 Å². The Morgan fingerprint density at radius 1 is 1.64 bits per heavy atom. The zero-order valence-electron chi connectivity index (χ0n) is 8.31. The highest BCUT2D eigenvalue weighted by Gasteiger charge is 2.20. The molecule has 1 N–H and O–H groups in total. The highest BCUT2D eigenvalue weighted by atomic mass is 16.5. The summed E-state index contributed by atoms with van der Waals surface area (Å²) < 4.78 is 5.62. The second-order valence-electron chi connectivity index (χ2n) is 3.42. The van der Waals surface area contributed by atoms with Gasteiger partial charge in [-0.25, -0.2) is 0 Å². The molecule has 0 saturated carbocycles. The van der Waals surface area contributed by atoms with Crippen molar-refractivity contribution >= 4 is 0 Å². The topological polar surface area (TPSA) is 66.9 Å². The maximum Gasteiger partial charge on any atom is 0.177 e. The quantitative estimate of drug-likeness (QED) is 0.705. The number of likely N-dealkylation sites (N-methyl/N-ethyl adjacent to an activating group) is 1. The largest absolute Gasteiger partial charge is 0.375 e. The van der Waals surface area contributed by atoms with Gasteiger partial charge in [0.15, 0.2) is 5.82 Å². The van der Waals surface area contributed by atoms with E-state index in [2.05, 4.69) is 32.4 Å². The first-order valence-electron chi connectivity index (χ1n) is 4.94. The SMILES string of the molecule is CCN1CCOC(Cc2nn[nH]n2)C1. The van der Waals surface area contributed by atoms with Crippen LogP contribution in [-0.2, 0) is 11.2 Å². The van der Waals surface area contributed by atoms with Crippen molar-refractivity contribution in [3.63, 3.8) is 0 Å². The molecule has 78 valence electrons. The molecule has 1 unspecified atom stereocenters. The van der Waals surface area contributed by atoms with Gasteiger partial charge in [0.25, 0.3) is 0 Å². The second-order valence-corrected chi connectivity index (χ2v) is 3.42. The van der Waals surface area contributed by atoms with Gasteiger partial charge in [-0.15, -0.1) is 10.2 Å². The highest BCUT2D eigenvalue weighted by molar-refractivity contribution is 4.84. The summed E-state index contributed by atoms with van der Waals surface area (Å²) in [6.07, 6.45) is 0.953. The van der Waals surface area contributed by atoms with Crippen LogP contribution in [0.15, 0.2) is 0 Å². The number of hydrogen-bond acceptors (Lipinski definition) is 5. The molecule has 0 bridgehead atoms. The third-order valence-electron chi connectivity index (χ3n) is 2.47. The Morgan fingerprint density at radius 3 is 3.29 bits per heavy atom. The summed E-state index contributed by atoms with van der Waals surface area (Å²) in [6.45, 7) is 6.03. The molecule has 1 aliphatic rings. The van der Waals surface area contributed by atoms with E-state index in [1.165, 1.54) is 0 Å². The van der Waals surface area contributed by atoms with Gasteiger partial charge in [-0.2, -0.15) is 5.21 Å². The van der Waals surface area contributed by atoms with Crippen LogP contribution in [0.1, 0.15) is 12.7 Å². The van der Waals surface area contributed by atoms with Crippen molar-refractivity contribution in [3.05, 3.63) is 5.82 Å². The molecule has 2 heterocycles. The number of hydrogen-bond donors (Lipinski definition) is 1. The summed E-state index contributed by atoms with van der Waals surface area (Å²) in [7, 11) is 0. The van der Waals surface area contributed by atoms with E-state index in [0.29, 0.717) is 0 Å². The summed E-state index contributed by atoms with van der Waals surface area (Å²) in [4.78, 5) is 2.37. The third-order valence-corrected chi connectivity index (χ3v) is 2.47. The average molecular weight is 197 g/mol. The van der Waals surface area contributed by atoms with Gasteiger partial charge in [-0.3, -0.25) is 4.90 Å². The number of aromatic nitrogens is 4. The van der Waals surface area contributed by atoms with Crippen LogP contribution in [0, 0.1) is 0 Å². The molecule has 6 nitrogen and oxygen atoms in total. The van der Waals surface area contributed by atoms with Crippen LogP contribution >= 0.6 is 0 Å². The maximum absolute atomic E-state index is 5.62. The first kappa shape index (κ1) is 9.54. The van der Waals surface area contributed by atoms with Gasteiger partial charge in [0.05, 0.1) is 12.7 Å². The van der Waals surface area contributed by atoms with Crippen molar-refractivity contribution < 1.29 is 4.74 Å². The summed E-state index contributed by atoms with van der Waals surface area (Å²) in [5.74, 6) is 0.730. The van der Waals surface area contributed by atoms with Crippen molar-refractivity contribution in [1.29, 1.82) is 0 Å². The van der Waals surface area contributed by atoms with Crippen molar-refractivity contribution in [2.75, 3.05) is 26.2 Å². The fraction of sp³-hybridized carbons (Fsp3) is 0.875. The molecule has 1 aromatic heterocycles. The fourth-order valence-electron chi connectivity index (χ4n) is 1.66. The van der Waals surface area contributed by atoms with Crippen LogP contribution in [0.3, 0.4) is 0 Å². The fourth-order valence-corrected chi connectivity index (χ4v) is 1.66. The Bertz CT molecular complexity index is 263. The van der Waals surface area contributed by atoms with Crippen molar-refractivity contribution in [3.8, 4) is 0 Å². The van der Waals surface area contributed by atoms with E-state index in [1.54, 1.807) is 0 Å². The molecule has 0 amide bonds. The lowest BCUT2D eigenvalue weighted by Gasteiger charge is -2.31. The van der Waals surface area contributed by atoms with Crippen LogP contribution in [0.25, 0.3) is 0 Å². The summed E-state index contributed by atoms with van der Waals surface area (Å²) in [5, 5.41) is 13.8. The van der Waals surface area contributed by atoms with Gasteiger partial charge in [-0.05, 0) is 6.54 Å². The average Bonchev–Trinajstić information content (AvgIpc) is 2.71. The Labute approximate surface area is 82.6 Å². The molecule has 1 aromatic rings. The van der Waals surface area contributed by atoms with Gasteiger partial charge in [0.2, 0.25) is 0 Å². The minimum Gasteiger partial charge on any atom is -0.375 e. The number of H-pyrrole nitrogens is 1. The molecule has 2 rings (SSSR count). The molecule has 0 aromatic carbocycles. The van der Waals surface area contributed by atoms with E-state index in [0.717, 1.165) is 38.5 Å². The number of morpholine rings is 1. The zero-order valence-corrected chi connectivity index (χ0v) is 8.31. The number of aromatic amines is 1. The molecule has 0 aliphatic carbocycles. The van der Waals surface area contributed by atoms with Gasteiger partial charge in [0.1, 0.15) is 0 Å². The predicted octanol–water partition coefficient (Wildman–Crippen LogP) is -0.537. The minimum atomic E-state index is 0.210. The molecule has 1 aliphatic heterocycles. The lowest BCUT2D eigenvalue weighted by atomic mass is 10.2. The molecule has 1 saturated heterocycles. The summed E-state index contributed by atoms with van der Waals surface area (Å²) >= 11 is 0. The Balaban J connectivity index is 1.86. The molecule has 1 fully saturated rings. The lowest BCUT2D eigenvalue weighted by molar-refractivity contribution is -0.0266. The van der Waals surface area contributed by atoms with Gasteiger partial charge < -0.3 is 4.74 Å². The summed E-state index contributed by atoms with van der Waals surface area (Å²) in [5.41, 5.74) is 0. The summed E-state index contributed by atoms with van der Waals surface area (Å²) in [6, 6.07) is 0. The van der Waals surface area contributed by atoms with Crippen LogP contribution in [-0.4, -0.2) is 57.9 Å². The van der Waals surface area contributed by atoms with Crippen molar-refractivity contribution in [1.82, 2.24) is 25.5 Å². The maximum atomic E-state index is 5.62. The zero-order chi connectivity index (χ0) is 9.80. The number of nitrogens with one attached hydrogen (secondary N) is 1. The molecule has 14 heavy (non-hydrogen) atoms. The third kappa shape index (κ3) is 2.27. The normalized spacial score (nSPS) is 23.9. The monoisotopic (exact) mass is 197 g/mol. The number of rotatable bonds is 3.